The third-order valence-electron chi connectivity index (χ3n) is 3.58. The first kappa shape index (κ1) is 15.9. The number of ketones is 1. The maximum atomic E-state index is 11.6. The topological polar surface area (TPSA) is 96.9 Å². The van der Waals surface area contributed by atoms with Gasteiger partial charge in [-0.25, -0.2) is 0 Å². The van der Waals surface area contributed by atoms with Crippen molar-refractivity contribution in [2.75, 3.05) is 6.54 Å². The highest BCUT2D eigenvalue weighted by molar-refractivity contribution is 6.88. The Bertz CT molecular complexity index is 463. The molecule has 1 fully saturated rings. The standard InChI is InChI=1S/C10H15B3N5O3/c1-5(19)9(14-13-11)7-4-18(16-15-7)6-2-8(10(20)21)17(12)3-6/h4,6,8-9,14-16H,2-3H2,1H3,(H,20,21). The number of carboxylic acids is 1. The summed E-state index contributed by atoms with van der Waals surface area (Å²) in [6.45, 7) is 1.85. The van der Waals surface area contributed by atoms with Crippen LogP contribution in [0.2, 0.25) is 0 Å². The lowest BCUT2D eigenvalue weighted by atomic mass is 9.66. The number of hydrogen-bond acceptors (Lipinski definition) is 7. The first-order valence-corrected chi connectivity index (χ1v) is 6.49. The van der Waals surface area contributed by atoms with Gasteiger partial charge in [-0.1, -0.05) is 0 Å². The molecule has 2 aliphatic heterocycles. The van der Waals surface area contributed by atoms with E-state index < -0.39 is 18.1 Å². The van der Waals surface area contributed by atoms with Gasteiger partial charge in [0.15, 0.2) is 13.8 Å². The molecule has 0 aromatic carbocycles. The maximum absolute atomic E-state index is 11.6. The summed E-state index contributed by atoms with van der Waals surface area (Å²) in [5.41, 5.74) is 6.37. The minimum absolute atomic E-state index is 0.102. The molecule has 0 aliphatic carbocycles. The summed E-state index contributed by atoms with van der Waals surface area (Å²) in [5, 5.41) is 13.5. The predicted molar refractivity (Wildman–Crippen MR) is 77.6 cm³/mol. The highest BCUT2D eigenvalue weighted by Crippen LogP contribution is 2.21. The fourth-order valence-corrected chi connectivity index (χ4v) is 2.49. The Balaban J connectivity index is 2.04. The van der Waals surface area contributed by atoms with Crippen molar-refractivity contribution < 1.29 is 14.7 Å². The molecule has 107 valence electrons. The number of rotatable bonds is 6. The van der Waals surface area contributed by atoms with Crippen LogP contribution in [0.4, 0.5) is 0 Å². The summed E-state index contributed by atoms with van der Waals surface area (Å²) < 4.78 is 0. The molecule has 11 heteroatoms. The highest BCUT2D eigenvalue weighted by atomic mass is 16.4. The van der Waals surface area contributed by atoms with E-state index in [4.69, 9.17) is 20.8 Å². The number of hydrazine groups is 2. The van der Waals surface area contributed by atoms with Crippen molar-refractivity contribution in [1.82, 2.24) is 26.0 Å². The number of nitrogens with one attached hydrogen (secondary N) is 3. The molecule has 0 amide bonds. The van der Waals surface area contributed by atoms with Crippen molar-refractivity contribution in [1.29, 1.82) is 0 Å². The third kappa shape index (κ3) is 3.42. The van der Waals surface area contributed by atoms with Crippen LogP contribution in [0, 0.1) is 0 Å². The summed E-state index contributed by atoms with van der Waals surface area (Å²) in [5.74, 6) is -1.05. The van der Waals surface area contributed by atoms with Crippen molar-refractivity contribution in [3.05, 3.63) is 11.9 Å². The Hall–Kier alpha value is -1.45. The van der Waals surface area contributed by atoms with Crippen LogP contribution in [0.5, 0.6) is 0 Å². The van der Waals surface area contributed by atoms with Gasteiger partial charge < -0.3 is 20.6 Å². The molecule has 0 aromatic heterocycles. The molecule has 4 N–H and O–H groups in total. The number of aliphatic carboxylic acids is 1. The lowest BCUT2D eigenvalue weighted by molar-refractivity contribution is -0.140. The van der Waals surface area contributed by atoms with E-state index in [2.05, 4.69) is 16.2 Å². The van der Waals surface area contributed by atoms with E-state index in [-0.39, 0.29) is 11.8 Å². The van der Waals surface area contributed by atoms with Gasteiger partial charge >= 0.3 is 5.97 Å². The monoisotopic (exact) mass is 286 g/mol. The molecule has 0 bridgehead atoms. The average Bonchev–Trinajstić information content (AvgIpc) is 3.01. The van der Waals surface area contributed by atoms with Gasteiger partial charge in [-0.3, -0.25) is 14.6 Å². The number of carbonyl (C=O) groups is 2. The van der Waals surface area contributed by atoms with Gasteiger partial charge in [0.25, 0.3) is 0 Å². The van der Waals surface area contributed by atoms with Crippen molar-refractivity contribution in [3.63, 3.8) is 0 Å². The lowest BCUT2D eigenvalue weighted by Crippen LogP contribution is -2.47. The van der Waals surface area contributed by atoms with E-state index in [9.17, 15) is 9.59 Å². The van der Waals surface area contributed by atoms with Crippen molar-refractivity contribution >= 4 is 34.8 Å². The van der Waals surface area contributed by atoms with Crippen molar-refractivity contribution in [2.45, 2.75) is 31.5 Å². The molecule has 3 atom stereocenters. The zero-order valence-electron chi connectivity index (χ0n) is 11.6. The van der Waals surface area contributed by atoms with Gasteiger partial charge in [0.1, 0.15) is 7.31 Å². The molecule has 8 nitrogen and oxygen atoms in total. The molecule has 21 heavy (non-hydrogen) atoms. The molecule has 0 saturated carbocycles. The second kappa shape index (κ2) is 6.55. The first-order chi connectivity index (χ1) is 9.93. The van der Waals surface area contributed by atoms with Gasteiger partial charge in [-0.05, 0) is 13.3 Å². The van der Waals surface area contributed by atoms with Crippen molar-refractivity contribution in [2.24, 2.45) is 0 Å². The van der Waals surface area contributed by atoms with Crippen molar-refractivity contribution in [3.8, 4) is 0 Å². The predicted octanol–water partition coefficient (Wildman–Crippen LogP) is -2.99. The SMILES string of the molecule is [B][B]NC(C(C)=O)C1=CN(C2CC(C(=O)O)N([B])C2)NN1. The summed E-state index contributed by atoms with van der Waals surface area (Å²) in [6.07, 6.45) is 2.09. The molecule has 0 aromatic rings. The first-order valence-electron chi connectivity index (χ1n) is 6.49. The minimum Gasteiger partial charge on any atom is -0.480 e. The maximum Gasteiger partial charge on any atom is 0.319 e. The Kier molecular flexibility index (Phi) is 4.97. The summed E-state index contributed by atoms with van der Waals surface area (Å²) in [6, 6.07) is -1.41. The Morgan fingerprint density at radius 1 is 1.62 bits per heavy atom. The second-order valence-corrected chi connectivity index (χ2v) is 5.05. The Morgan fingerprint density at radius 2 is 2.33 bits per heavy atom. The van der Waals surface area contributed by atoms with E-state index >= 15 is 0 Å². The Morgan fingerprint density at radius 3 is 2.86 bits per heavy atom. The fraction of sp³-hybridized carbons (Fsp3) is 0.600. The van der Waals surface area contributed by atoms with Crippen LogP contribution in [0.25, 0.3) is 0 Å². The number of hydrogen-bond donors (Lipinski definition) is 4. The van der Waals surface area contributed by atoms with Gasteiger partial charge in [0.05, 0.1) is 23.8 Å². The molecule has 5 radical (unpaired) electrons. The van der Waals surface area contributed by atoms with E-state index in [1.165, 1.54) is 19.0 Å². The van der Waals surface area contributed by atoms with E-state index in [1.807, 2.05) is 0 Å². The zero-order chi connectivity index (χ0) is 15.6. The van der Waals surface area contributed by atoms with Gasteiger partial charge in [0, 0.05) is 20.5 Å². The van der Waals surface area contributed by atoms with Crippen LogP contribution >= 0.6 is 0 Å². The second-order valence-electron chi connectivity index (χ2n) is 5.05. The van der Waals surface area contributed by atoms with Crippen LogP contribution in [0.3, 0.4) is 0 Å². The number of Topliss-reactive ketones (excluding diaryl/α,β-unsaturated/α-hetero) is 1. The Labute approximate surface area is 126 Å². The van der Waals surface area contributed by atoms with E-state index in [0.29, 0.717) is 18.7 Å². The average molecular weight is 286 g/mol. The van der Waals surface area contributed by atoms with Crippen LogP contribution in [0.1, 0.15) is 13.3 Å². The molecule has 3 unspecified atom stereocenters. The molecule has 0 spiro atoms. The van der Waals surface area contributed by atoms with E-state index in [0.717, 1.165) is 0 Å². The zero-order valence-corrected chi connectivity index (χ0v) is 11.6. The van der Waals surface area contributed by atoms with Crippen LogP contribution in [-0.4, -0.2) is 74.4 Å². The smallest absolute Gasteiger partial charge is 0.319 e. The highest BCUT2D eigenvalue weighted by Gasteiger charge is 2.38. The molecule has 2 aliphatic rings. The summed E-state index contributed by atoms with van der Waals surface area (Å²) in [4.78, 5) is 23.9. The summed E-state index contributed by atoms with van der Waals surface area (Å²) in [7, 11) is 12.2. The number of carboxylic acid groups (broad SMARTS) is 1. The van der Waals surface area contributed by atoms with E-state index in [1.54, 1.807) is 11.2 Å². The fourth-order valence-electron chi connectivity index (χ4n) is 2.49. The molecule has 1 saturated heterocycles. The molecular weight excluding hydrogens is 271 g/mol. The van der Waals surface area contributed by atoms with Crippen LogP contribution in [0.15, 0.2) is 11.9 Å². The van der Waals surface area contributed by atoms with Crippen LogP contribution in [-0.2, 0) is 9.59 Å². The van der Waals surface area contributed by atoms with Gasteiger partial charge in [-0.2, -0.15) is 0 Å². The summed E-state index contributed by atoms with van der Waals surface area (Å²) >= 11 is 0. The number of nitrogens with zero attached hydrogens (tertiary/aromatic N) is 2. The van der Waals surface area contributed by atoms with Gasteiger partial charge in [-0.15, -0.1) is 5.53 Å². The number of carbonyl (C=O) groups excluding carboxylic acids is 1. The molecular formula is C10H15B3N5O3. The van der Waals surface area contributed by atoms with Gasteiger partial charge in [0.2, 0.25) is 0 Å². The lowest BCUT2D eigenvalue weighted by Gasteiger charge is -2.22. The minimum atomic E-state index is -0.947. The normalized spacial score (nSPS) is 27.1. The molecule has 2 rings (SSSR count). The third-order valence-corrected chi connectivity index (χ3v) is 3.58. The quantitative estimate of drug-likeness (QED) is 0.384. The largest absolute Gasteiger partial charge is 0.480 e. The molecule has 2 heterocycles. The van der Waals surface area contributed by atoms with Crippen LogP contribution < -0.4 is 16.2 Å².